The van der Waals surface area contributed by atoms with Gasteiger partial charge in [0.1, 0.15) is 5.56 Å². The first-order valence-corrected chi connectivity index (χ1v) is 8.63. The number of aromatic nitrogens is 4. The minimum atomic E-state index is -0.655. The van der Waals surface area contributed by atoms with Crippen LogP contribution >= 0.6 is 0 Å². The maximum Gasteiger partial charge on any atom is 0.331 e. The van der Waals surface area contributed by atoms with Crippen LogP contribution in [-0.2, 0) is 13.1 Å². The van der Waals surface area contributed by atoms with Crippen LogP contribution in [0.1, 0.15) is 24.5 Å². The van der Waals surface area contributed by atoms with E-state index in [1.54, 1.807) is 19.4 Å². The van der Waals surface area contributed by atoms with Crippen molar-refractivity contribution in [1.29, 1.82) is 0 Å². The number of hydrogen-bond donors (Lipinski definition) is 2. The molecule has 0 saturated carbocycles. The summed E-state index contributed by atoms with van der Waals surface area (Å²) in [6, 6.07) is 9.24. The van der Waals surface area contributed by atoms with Gasteiger partial charge in [-0.05, 0) is 18.9 Å². The molecule has 27 heavy (non-hydrogen) atoms. The van der Waals surface area contributed by atoms with Gasteiger partial charge in [0.05, 0.1) is 12.9 Å². The quantitative estimate of drug-likeness (QED) is 0.486. The van der Waals surface area contributed by atoms with Gasteiger partial charge in [0.25, 0.3) is 5.56 Å². The minimum absolute atomic E-state index is 0.0214. The Labute approximate surface area is 155 Å². The van der Waals surface area contributed by atoms with Gasteiger partial charge < -0.3 is 9.67 Å². The number of rotatable bonds is 7. The first kappa shape index (κ1) is 18.4. The van der Waals surface area contributed by atoms with Gasteiger partial charge in [0, 0.05) is 31.2 Å². The summed E-state index contributed by atoms with van der Waals surface area (Å²) < 4.78 is 3.08. The highest BCUT2D eigenvalue weighted by Crippen LogP contribution is 2.13. The molecular weight excluding hydrogens is 346 g/mol. The molecule has 0 radical (unpaired) electrons. The van der Waals surface area contributed by atoms with Crippen molar-refractivity contribution in [3.63, 3.8) is 0 Å². The van der Waals surface area contributed by atoms with E-state index in [2.05, 4.69) is 15.0 Å². The fourth-order valence-electron chi connectivity index (χ4n) is 2.80. The molecule has 0 saturated heterocycles. The van der Waals surface area contributed by atoms with Gasteiger partial charge in [-0.3, -0.25) is 19.3 Å². The first-order valence-electron chi connectivity index (χ1n) is 8.63. The number of hydrogen-bond acceptors (Lipinski definition) is 5. The van der Waals surface area contributed by atoms with E-state index in [-0.39, 0.29) is 18.0 Å². The number of nitrogens with zero attached hydrogens (tertiary/aromatic N) is 4. The van der Waals surface area contributed by atoms with Gasteiger partial charge in [-0.25, -0.2) is 9.78 Å². The molecule has 3 rings (SSSR count). The summed E-state index contributed by atoms with van der Waals surface area (Å²) in [4.78, 5) is 35.0. The van der Waals surface area contributed by atoms with E-state index in [0.29, 0.717) is 12.3 Å². The number of aromatic hydroxyl groups is 1. The van der Waals surface area contributed by atoms with E-state index in [0.717, 1.165) is 23.1 Å². The minimum Gasteiger partial charge on any atom is -0.494 e. The molecule has 8 nitrogen and oxygen atoms in total. The van der Waals surface area contributed by atoms with Crippen molar-refractivity contribution in [2.45, 2.75) is 26.4 Å². The molecule has 2 heterocycles. The van der Waals surface area contributed by atoms with Gasteiger partial charge >= 0.3 is 5.69 Å². The highest BCUT2D eigenvalue weighted by atomic mass is 16.3. The fourth-order valence-corrected chi connectivity index (χ4v) is 2.80. The lowest BCUT2D eigenvalue weighted by atomic mass is 10.2. The Hall–Kier alpha value is -3.42. The Balaban J connectivity index is 1.81. The van der Waals surface area contributed by atoms with Gasteiger partial charge in [0.15, 0.2) is 0 Å². The maximum atomic E-state index is 12.2. The van der Waals surface area contributed by atoms with Crippen LogP contribution in [0.2, 0.25) is 0 Å². The van der Waals surface area contributed by atoms with Crippen molar-refractivity contribution in [3.8, 4) is 5.88 Å². The molecule has 140 valence electrons. The summed E-state index contributed by atoms with van der Waals surface area (Å²) >= 11 is 0. The van der Waals surface area contributed by atoms with Crippen LogP contribution in [0.4, 0.5) is 0 Å². The molecule has 3 aromatic rings. The second-order valence-electron chi connectivity index (χ2n) is 6.15. The monoisotopic (exact) mass is 367 g/mol. The fraction of sp³-hybridized carbons (Fsp3) is 0.263. The number of nitrogens with one attached hydrogen (secondary N) is 1. The Bertz CT molecular complexity index is 1030. The molecule has 0 atom stereocenters. The molecule has 0 bridgehead atoms. The smallest absolute Gasteiger partial charge is 0.331 e. The molecular formula is C19H21N5O3. The number of imidazole rings is 1. The van der Waals surface area contributed by atoms with Crippen LogP contribution in [0.5, 0.6) is 5.88 Å². The molecule has 0 spiro atoms. The zero-order valence-electron chi connectivity index (χ0n) is 15.0. The molecule has 0 unspecified atom stereocenters. The molecule has 2 N–H and O–H groups in total. The normalized spacial score (nSPS) is 11.7. The molecule has 0 fully saturated rings. The number of aliphatic imine (C=N–C) groups is 1. The summed E-state index contributed by atoms with van der Waals surface area (Å²) in [5, 5.41) is 10.5. The lowest BCUT2D eigenvalue weighted by Gasteiger charge is -2.11. The molecule has 0 aliphatic heterocycles. The number of benzene rings is 1. The second-order valence-corrected chi connectivity index (χ2v) is 6.15. The van der Waals surface area contributed by atoms with Crippen LogP contribution < -0.4 is 11.2 Å². The van der Waals surface area contributed by atoms with E-state index in [9.17, 15) is 14.7 Å². The Morgan fingerprint density at radius 1 is 1.26 bits per heavy atom. The average Bonchev–Trinajstić information content (AvgIpc) is 3.16. The van der Waals surface area contributed by atoms with Crippen molar-refractivity contribution < 1.29 is 5.11 Å². The molecule has 0 amide bonds. The van der Waals surface area contributed by atoms with Crippen LogP contribution in [0, 0.1) is 0 Å². The van der Waals surface area contributed by atoms with Crippen LogP contribution in [-0.4, -0.2) is 36.5 Å². The van der Waals surface area contributed by atoms with Gasteiger partial charge in [0.2, 0.25) is 5.88 Å². The maximum absolute atomic E-state index is 12.2. The van der Waals surface area contributed by atoms with E-state index >= 15 is 0 Å². The molecule has 1 aromatic carbocycles. The zero-order chi connectivity index (χ0) is 19.2. The third kappa shape index (κ3) is 4.41. The number of H-pyrrole nitrogens is 1. The number of aryl methyl sites for hydroxylation is 1. The lowest BCUT2D eigenvalue weighted by Crippen LogP contribution is -2.33. The van der Waals surface area contributed by atoms with Crippen LogP contribution in [0.15, 0.2) is 63.6 Å². The molecule has 2 aromatic heterocycles. The topological polar surface area (TPSA) is 105 Å². The van der Waals surface area contributed by atoms with Gasteiger partial charge in [-0.2, -0.15) is 0 Å². The van der Waals surface area contributed by atoms with E-state index in [1.807, 2.05) is 41.1 Å². The van der Waals surface area contributed by atoms with Crippen molar-refractivity contribution in [1.82, 2.24) is 19.1 Å². The lowest BCUT2D eigenvalue weighted by molar-refractivity contribution is 0.408. The van der Waals surface area contributed by atoms with Crippen molar-refractivity contribution in [2.24, 2.45) is 4.99 Å². The highest BCUT2D eigenvalue weighted by Gasteiger charge is 2.16. The summed E-state index contributed by atoms with van der Waals surface area (Å²) in [6.45, 7) is 3.05. The van der Waals surface area contributed by atoms with Crippen molar-refractivity contribution in [3.05, 3.63) is 81.0 Å². The Morgan fingerprint density at radius 2 is 2.04 bits per heavy atom. The third-order valence-corrected chi connectivity index (χ3v) is 4.20. The average molecular weight is 367 g/mol. The van der Waals surface area contributed by atoms with Gasteiger partial charge in [-0.15, -0.1) is 0 Å². The van der Waals surface area contributed by atoms with Crippen LogP contribution in [0.25, 0.3) is 0 Å². The standard InChI is InChI=1S/C19H21N5O3/c1-14(21-8-5-10-23-11-9-20-13-23)16-17(25)22-19(27)24(18(16)26)12-15-6-3-2-4-7-15/h2-4,6-7,9,11,13,26H,5,8,10,12H2,1H3,(H,22,25,27). The molecule has 8 heteroatoms. The Morgan fingerprint density at radius 3 is 2.74 bits per heavy atom. The van der Waals surface area contributed by atoms with Crippen molar-refractivity contribution in [2.75, 3.05) is 6.54 Å². The van der Waals surface area contributed by atoms with Crippen LogP contribution in [0.3, 0.4) is 0 Å². The third-order valence-electron chi connectivity index (χ3n) is 4.20. The predicted octanol–water partition coefficient (Wildman–Crippen LogP) is 1.39. The largest absolute Gasteiger partial charge is 0.494 e. The summed E-state index contributed by atoms with van der Waals surface area (Å²) in [6.07, 6.45) is 6.07. The van der Waals surface area contributed by atoms with E-state index in [1.165, 1.54) is 0 Å². The van der Waals surface area contributed by atoms with E-state index in [4.69, 9.17) is 0 Å². The van der Waals surface area contributed by atoms with E-state index < -0.39 is 11.2 Å². The highest BCUT2D eigenvalue weighted by molar-refractivity contribution is 6.00. The zero-order valence-corrected chi connectivity index (χ0v) is 15.0. The molecule has 0 aliphatic rings. The van der Waals surface area contributed by atoms with Crippen molar-refractivity contribution >= 4 is 5.71 Å². The summed E-state index contributed by atoms with van der Waals surface area (Å²) in [5.74, 6) is -0.372. The van der Waals surface area contributed by atoms with Gasteiger partial charge in [-0.1, -0.05) is 30.3 Å². The SMILES string of the molecule is CC(=NCCCn1ccnc1)c1c(O)n(Cc2ccccc2)c(=O)[nH]c1=O. The second kappa shape index (κ2) is 8.31. The number of aromatic amines is 1. The predicted molar refractivity (Wildman–Crippen MR) is 102 cm³/mol. The summed E-state index contributed by atoms with van der Waals surface area (Å²) in [5.41, 5.74) is -0.0483. The Kier molecular flexibility index (Phi) is 5.65. The molecule has 0 aliphatic carbocycles. The first-order chi connectivity index (χ1) is 13.1. The summed E-state index contributed by atoms with van der Waals surface area (Å²) in [7, 11) is 0.